The van der Waals surface area contributed by atoms with Crippen LogP contribution < -0.4 is 10.4 Å². The van der Waals surface area contributed by atoms with Gasteiger partial charge in [-0.15, -0.1) is 0 Å². The maximum atomic E-state index is 14.0. The van der Waals surface area contributed by atoms with Crippen LogP contribution >= 0.6 is 0 Å². The fraction of sp³-hybridized carbons (Fsp3) is 0.447. The molecule has 0 fully saturated rings. The molecule has 1 aliphatic rings. The van der Waals surface area contributed by atoms with E-state index in [0.717, 1.165) is 21.5 Å². The van der Waals surface area contributed by atoms with Crippen molar-refractivity contribution in [3.63, 3.8) is 0 Å². The van der Waals surface area contributed by atoms with E-state index in [9.17, 15) is 14.4 Å². The molecule has 0 saturated heterocycles. The SMILES string of the molecule is C/C=C(/C)[C@H]1C/C=C(\C)[C@@H](O[Si](c2ccccc2)(c2ccccc2)C(C)(C)C)[C@H](OC(=O)CC(C)(C)C)C(=O)CC=CC(=O)O1. The maximum Gasteiger partial charge on any atom is 0.331 e. The number of esters is 2. The molecule has 6 nitrogen and oxygen atoms in total. The first kappa shape index (κ1) is 35.9. The van der Waals surface area contributed by atoms with E-state index in [1.807, 2.05) is 90.1 Å². The van der Waals surface area contributed by atoms with Gasteiger partial charge in [0.2, 0.25) is 0 Å². The van der Waals surface area contributed by atoms with Gasteiger partial charge in [0, 0.05) is 18.9 Å². The molecule has 0 saturated carbocycles. The zero-order valence-corrected chi connectivity index (χ0v) is 29.4. The standard InChI is InChI=1S/C38H50O6Si/c1-10-27(2)32-25-24-28(3)35(36(43-34(41)26-37(4,5)6)31(39)22-17-23-33(40)42-32)44-45(38(7,8)9,29-18-13-11-14-19-29)30-20-15-12-16-21-30/h10-21,23-24,32,35-36H,22,25-26H2,1-9H3/b23-17?,27-10-,28-24+/t32-,35-,36-/m1/s1. The third-order valence-electron chi connectivity index (χ3n) is 8.14. The van der Waals surface area contributed by atoms with Crippen molar-refractivity contribution in [2.75, 3.05) is 0 Å². The van der Waals surface area contributed by atoms with Crippen LogP contribution in [0.4, 0.5) is 0 Å². The number of hydrogen-bond donors (Lipinski definition) is 0. The Balaban J connectivity index is 2.31. The van der Waals surface area contributed by atoms with E-state index < -0.39 is 38.6 Å². The number of ketones is 1. The van der Waals surface area contributed by atoms with Gasteiger partial charge in [0.15, 0.2) is 11.9 Å². The molecule has 2 aromatic carbocycles. The summed E-state index contributed by atoms with van der Waals surface area (Å²) >= 11 is 0. The van der Waals surface area contributed by atoms with Crippen molar-refractivity contribution in [3.8, 4) is 0 Å². The minimum atomic E-state index is -3.19. The van der Waals surface area contributed by atoms with Gasteiger partial charge in [-0.05, 0) is 52.7 Å². The topological polar surface area (TPSA) is 78.9 Å². The monoisotopic (exact) mass is 630 g/mol. The molecule has 242 valence electrons. The lowest BCUT2D eigenvalue weighted by molar-refractivity contribution is -0.161. The number of carbonyl (C=O) groups is 3. The van der Waals surface area contributed by atoms with E-state index in [4.69, 9.17) is 13.9 Å². The molecular formula is C38H50O6Si. The molecule has 1 aliphatic heterocycles. The second-order valence-corrected chi connectivity index (χ2v) is 18.3. The quantitative estimate of drug-likeness (QED) is 0.186. The normalized spacial score (nSPS) is 22.0. The number of hydrogen-bond acceptors (Lipinski definition) is 6. The molecule has 45 heavy (non-hydrogen) atoms. The van der Waals surface area contributed by atoms with Gasteiger partial charge in [-0.2, -0.15) is 0 Å². The summed E-state index contributed by atoms with van der Waals surface area (Å²) in [7, 11) is -3.19. The number of benzene rings is 2. The Morgan fingerprint density at radius 3 is 1.98 bits per heavy atom. The Morgan fingerprint density at radius 1 is 0.933 bits per heavy atom. The summed E-state index contributed by atoms with van der Waals surface area (Å²) < 4.78 is 19.4. The molecule has 0 spiro atoms. The van der Waals surface area contributed by atoms with Gasteiger partial charge in [0.05, 0.1) is 6.42 Å². The Hall–Kier alpha value is -3.55. The Kier molecular flexibility index (Phi) is 12.1. The van der Waals surface area contributed by atoms with E-state index >= 15 is 0 Å². The lowest BCUT2D eigenvalue weighted by atomic mass is 9.92. The van der Waals surface area contributed by atoms with Crippen LogP contribution in [0, 0.1) is 5.41 Å². The number of carbonyl (C=O) groups excluding carboxylic acids is 3. The van der Waals surface area contributed by atoms with Gasteiger partial charge < -0.3 is 13.9 Å². The van der Waals surface area contributed by atoms with Crippen molar-refractivity contribution in [2.45, 2.75) is 105 Å². The lowest BCUT2D eigenvalue weighted by Crippen LogP contribution is -2.69. The summed E-state index contributed by atoms with van der Waals surface area (Å²) in [4.78, 5) is 40.1. The first-order valence-corrected chi connectivity index (χ1v) is 17.7. The minimum absolute atomic E-state index is 0.121. The van der Waals surface area contributed by atoms with Crippen molar-refractivity contribution < 1.29 is 28.3 Å². The average Bonchev–Trinajstić information content (AvgIpc) is 2.97. The van der Waals surface area contributed by atoms with E-state index in [1.54, 1.807) is 0 Å². The molecule has 2 aromatic rings. The highest BCUT2D eigenvalue weighted by atomic mass is 28.4. The number of Topliss-reactive ketones (excluding diaryl/α,β-unsaturated/α-hetero) is 1. The van der Waals surface area contributed by atoms with Gasteiger partial charge >= 0.3 is 11.9 Å². The molecule has 1 heterocycles. The Morgan fingerprint density at radius 2 is 1.49 bits per heavy atom. The molecule has 0 aromatic heterocycles. The van der Waals surface area contributed by atoms with Crippen LogP contribution in [0.15, 0.2) is 96.1 Å². The van der Waals surface area contributed by atoms with Gasteiger partial charge in [-0.25, -0.2) is 4.79 Å². The second-order valence-electron chi connectivity index (χ2n) is 14.1. The van der Waals surface area contributed by atoms with Crippen molar-refractivity contribution >= 4 is 36.4 Å². The minimum Gasteiger partial charge on any atom is -0.454 e. The molecular weight excluding hydrogens is 580 g/mol. The fourth-order valence-electron chi connectivity index (χ4n) is 5.68. The molecule has 7 heteroatoms. The molecule has 3 atom stereocenters. The van der Waals surface area contributed by atoms with Crippen LogP contribution in [0.5, 0.6) is 0 Å². The van der Waals surface area contributed by atoms with Gasteiger partial charge in [-0.3, -0.25) is 9.59 Å². The summed E-state index contributed by atoms with van der Waals surface area (Å²) in [6.07, 6.45) is 4.42. The van der Waals surface area contributed by atoms with Crippen LogP contribution in [0.1, 0.15) is 81.6 Å². The maximum absolute atomic E-state index is 14.0. The number of cyclic esters (lactones) is 1. The largest absolute Gasteiger partial charge is 0.454 e. The molecule has 0 radical (unpaired) electrons. The third-order valence-corrected chi connectivity index (χ3v) is 13.2. The molecule has 0 N–H and O–H groups in total. The molecule has 0 aliphatic carbocycles. The third kappa shape index (κ3) is 9.24. The highest BCUT2D eigenvalue weighted by molar-refractivity contribution is 6.99. The summed E-state index contributed by atoms with van der Waals surface area (Å²) in [5, 5.41) is 1.71. The van der Waals surface area contributed by atoms with Gasteiger partial charge in [0.25, 0.3) is 8.32 Å². The Labute approximate surface area is 270 Å². The van der Waals surface area contributed by atoms with E-state index in [-0.39, 0.29) is 29.1 Å². The zero-order chi connectivity index (χ0) is 33.4. The van der Waals surface area contributed by atoms with Crippen molar-refractivity contribution in [2.24, 2.45) is 5.41 Å². The van der Waals surface area contributed by atoms with Crippen LogP contribution in [-0.4, -0.2) is 44.4 Å². The number of rotatable bonds is 7. The molecule has 0 amide bonds. The first-order chi connectivity index (χ1) is 21.1. The highest BCUT2D eigenvalue weighted by Gasteiger charge is 2.53. The fourth-order valence-corrected chi connectivity index (χ4v) is 10.4. The Bertz CT molecular complexity index is 1370. The van der Waals surface area contributed by atoms with E-state index in [0.29, 0.717) is 6.42 Å². The van der Waals surface area contributed by atoms with Crippen molar-refractivity contribution in [1.82, 2.24) is 0 Å². The second kappa shape index (κ2) is 15.2. The van der Waals surface area contributed by atoms with E-state index in [2.05, 4.69) is 45.0 Å². The van der Waals surface area contributed by atoms with Crippen molar-refractivity contribution in [1.29, 1.82) is 0 Å². The zero-order valence-electron chi connectivity index (χ0n) is 28.4. The highest BCUT2D eigenvalue weighted by Crippen LogP contribution is 2.39. The smallest absolute Gasteiger partial charge is 0.331 e. The predicted octanol–water partition coefficient (Wildman–Crippen LogP) is 7.02. The summed E-state index contributed by atoms with van der Waals surface area (Å²) in [6.45, 7) is 18.1. The van der Waals surface area contributed by atoms with Gasteiger partial charge in [-0.1, -0.05) is 120 Å². The first-order valence-electron chi connectivity index (χ1n) is 15.8. The van der Waals surface area contributed by atoms with Crippen molar-refractivity contribution in [3.05, 3.63) is 96.1 Å². The number of ether oxygens (including phenoxy) is 2. The number of allylic oxidation sites excluding steroid dienone is 2. The predicted molar refractivity (Wildman–Crippen MR) is 183 cm³/mol. The summed E-state index contributed by atoms with van der Waals surface area (Å²) in [6, 6.07) is 20.4. The molecule has 0 unspecified atom stereocenters. The molecule has 3 rings (SSSR count). The summed E-state index contributed by atoms with van der Waals surface area (Å²) in [5.74, 6) is -1.34. The summed E-state index contributed by atoms with van der Waals surface area (Å²) in [5.41, 5.74) is 1.30. The van der Waals surface area contributed by atoms with Crippen LogP contribution in [0.3, 0.4) is 0 Å². The van der Waals surface area contributed by atoms with Crippen LogP contribution in [0.2, 0.25) is 5.04 Å². The van der Waals surface area contributed by atoms with E-state index in [1.165, 1.54) is 12.2 Å². The average molecular weight is 631 g/mol. The lowest BCUT2D eigenvalue weighted by Gasteiger charge is -2.46. The van der Waals surface area contributed by atoms with Gasteiger partial charge in [0.1, 0.15) is 12.2 Å². The molecule has 0 bridgehead atoms. The van der Waals surface area contributed by atoms with Crippen LogP contribution in [0.25, 0.3) is 0 Å². The van der Waals surface area contributed by atoms with Crippen LogP contribution in [-0.2, 0) is 28.3 Å².